The molecule has 0 saturated carbocycles. The molecule has 0 unspecified atom stereocenters. The SMILES string of the molecule is COc1ccc(Cl)c2sc(N(CCN(C)C)C(=O)c3ccccc3SC)nc12. The van der Waals surface area contributed by atoms with E-state index in [1.54, 1.807) is 35.9 Å². The molecule has 5 nitrogen and oxygen atoms in total. The van der Waals surface area contributed by atoms with Crippen LogP contribution in [0.5, 0.6) is 5.75 Å². The number of nitrogens with zero attached hydrogens (tertiary/aromatic N) is 3. The third-order valence-electron chi connectivity index (χ3n) is 4.25. The highest BCUT2D eigenvalue weighted by molar-refractivity contribution is 7.98. The van der Waals surface area contributed by atoms with Gasteiger partial charge in [0, 0.05) is 18.0 Å². The van der Waals surface area contributed by atoms with Gasteiger partial charge in [-0.15, -0.1) is 11.8 Å². The van der Waals surface area contributed by atoms with Crippen LogP contribution in [-0.2, 0) is 0 Å². The summed E-state index contributed by atoms with van der Waals surface area (Å²) in [7, 11) is 5.57. The smallest absolute Gasteiger partial charge is 0.261 e. The van der Waals surface area contributed by atoms with Crippen molar-refractivity contribution in [2.45, 2.75) is 4.90 Å². The second kappa shape index (κ2) is 9.13. The van der Waals surface area contributed by atoms with E-state index in [1.807, 2.05) is 49.5 Å². The van der Waals surface area contributed by atoms with Gasteiger partial charge in [0.25, 0.3) is 5.91 Å². The van der Waals surface area contributed by atoms with Crippen LogP contribution in [0.3, 0.4) is 0 Å². The number of carbonyl (C=O) groups excluding carboxylic acids is 1. The van der Waals surface area contributed by atoms with Gasteiger partial charge in [0.2, 0.25) is 0 Å². The van der Waals surface area contributed by atoms with Crippen LogP contribution in [0.1, 0.15) is 10.4 Å². The molecule has 148 valence electrons. The first-order valence-corrected chi connectivity index (χ1v) is 11.1. The van der Waals surface area contributed by atoms with E-state index in [4.69, 9.17) is 21.3 Å². The summed E-state index contributed by atoms with van der Waals surface area (Å²) in [6, 6.07) is 11.2. The lowest BCUT2D eigenvalue weighted by molar-refractivity contribution is 0.0982. The maximum absolute atomic E-state index is 13.5. The molecule has 3 rings (SSSR count). The number of benzene rings is 2. The van der Waals surface area contributed by atoms with Gasteiger partial charge in [0.1, 0.15) is 11.3 Å². The molecule has 0 aliphatic heterocycles. The van der Waals surface area contributed by atoms with E-state index in [9.17, 15) is 4.79 Å². The summed E-state index contributed by atoms with van der Waals surface area (Å²) < 4.78 is 6.24. The van der Waals surface area contributed by atoms with Gasteiger partial charge in [-0.3, -0.25) is 9.69 Å². The van der Waals surface area contributed by atoms with E-state index in [0.29, 0.717) is 40.1 Å². The molecule has 0 bridgehead atoms. The Bertz CT molecular complexity index is 991. The lowest BCUT2D eigenvalue weighted by Gasteiger charge is -2.22. The second-order valence-corrected chi connectivity index (χ2v) is 8.62. The highest BCUT2D eigenvalue weighted by atomic mass is 35.5. The number of aromatic nitrogens is 1. The Hall–Kier alpha value is -1.80. The van der Waals surface area contributed by atoms with Crippen LogP contribution in [0.4, 0.5) is 5.13 Å². The fourth-order valence-corrected chi connectivity index (χ4v) is 4.64. The highest BCUT2D eigenvalue weighted by Crippen LogP contribution is 2.39. The predicted molar refractivity (Wildman–Crippen MR) is 120 cm³/mol. The van der Waals surface area contributed by atoms with E-state index >= 15 is 0 Å². The van der Waals surface area contributed by atoms with Crippen molar-refractivity contribution in [2.24, 2.45) is 0 Å². The number of likely N-dealkylation sites (N-methyl/N-ethyl adjacent to an activating group) is 1. The minimum absolute atomic E-state index is 0.0686. The molecule has 1 heterocycles. The number of anilines is 1. The van der Waals surface area contributed by atoms with Gasteiger partial charge in [-0.25, -0.2) is 4.98 Å². The Labute approximate surface area is 178 Å². The average Bonchev–Trinajstić information content (AvgIpc) is 3.14. The van der Waals surface area contributed by atoms with Crippen molar-refractivity contribution in [1.29, 1.82) is 0 Å². The zero-order chi connectivity index (χ0) is 20.3. The van der Waals surface area contributed by atoms with Crippen LogP contribution in [-0.4, -0.2) is 56.3 Å². The highest BCUT2D eigenvalue weighted by Gasteiger charge is 2.24. The molecule has 0 spiro atoms. The molecule has 8 heteroatoms. The van der Waals surface area contributed by atoms with Crippen molar-refractivity contribution in [3.63, 3.8) is 0 Å². The Kier molecular flexibility index (Phi) is 6.82. The van der Waals surface area contributed by atoms with E-state index in [-0.39, 0.29) is 5.91 Å². The summed E-state index contributed by atoms with van der Waals surface area (Å²) in [4.78, 5) is 22.9. The fraction of sp³-hybridized carbons (Fsp3) is 0.300. The molecule has 0 aliphatic rings. The van der Waals surface area contributed by atoms with Crippen molar-refractivity contribution in [3.05, 3.63) is 47.0 Å². The molecule has 0 radical (unpaired) electrons. The molecule has 2 aromatic carbocycles. The van der Waals surface area contributed by atoms with Gasteiger partial charge in [-0.2, -0.15) is 0 Å². The zero-order valence-corrected chi connectivity index (χ0v) is 18.6. The number of thioether (sulfide) groups is 1. The first-order chi connectivity index (χ1) is 13.5. The van der Waals surface area contributed by atoms with Crippen molar-refractivity contribution >= 4 is 56.0 Å². The summed E-state index contributed by atoms with van der Waals surface area (Å²) >= 11 is 9.34. The van der Waals surface area contributed by atoms with Crippen LogP contribution in [0.25, 0.3) is 10.2 Å². The summed E-state index contributed by atoms with van der Waals surface area (Å²) in [5.74, 6) is 0.576. The van der Waals surface area contributed by atoms with Crippen molar-refractivity contribution in [3.8, 4) is 5.75 Å². The summed E-state index contributed by atoms with van der Waals surface area (Å²) in [5.41, 5.74) is 1.35. The number of fused-ring (bicyclic) bond motifs is 1. The lowest BCUT2D eigenvalue weighted by Crippen LogP contribution is -2.37. The normalized spacial score (nSPS) is 11.2. The van der Waals surface area contributed by atoms with Gasteiger partial charge in [-0.1, -0.05) is 35.1 Å². The van der Waals surface area contributed by atoms with E-state index in [2.05, 4.69) is 0 Å². The number of hydrogen-bond donors (Lipinski definition) is 0. The number of carbonyl (C=O) groups is 1. The molecule has 1 amide bonds. The number of ether oxygens (including phenoxy) is 1. The maximum Gasteiger partial charge on any atom is 0.261 e. The number of amides is 1. The topological polar surface area (TPSA) is 45.7 Å². The quantitative estimate of drug-likeness (QED) is 0.494. The second-order valence-electron chi connectivity index (χ2n) is 6.38. The predicted octanol–water partition coefficient (Wildman–Crippen LogP) is 4.89. The van der Waals surface area contributed by atoms with Crippen molar-refractivity contribution < 1.29 is 9.53 Å². The molecule has 3 aromatic rings. The van der Waals surface area contributed by atoms with Crippen LogP contribution >= 0.6 is 34.7 Å². The van der Waals surface area contributed by atoms with Gasteiger partial charge in [0.15, 0.2) is 5.13 Å². The molecule has 28 heavy (non-hydrogen) atoms. The van der Waals surface area contributed by atoms with E-state index in [1.165, 1.54) is 11.3 Å². The molecular weight excluding hydrogens is 414 g/mol. The van der Waals surface area contributed by atoms with Crippen LogP contribution in [0.2, 0.25) is 5.02 Å². The van der Waals surface area contributed by atoms with Gasteiger partial charge < -0.3 is 9.64 Å². The Morgan fingerprint density at radius 3 is 2.64 bits per heavy atom. The average molecular weight is 436 g/mol. The Morgan fingerprint density at radius 1 is 1.21 bits per heavy atom. The third-order valence-corrected chi connectivity index (χ3v) is 6.59. The monoisotopic (exact) mass is 435 g/mol. The van der Waals surface area contributed by atoms with Gasteiger partial charge in [-0.05, 0) is 44.6 Å². The third kappa shape index (κ3) is 4.27. The molecule has 1 aromatic heterocycles. The maximum atomic E-state index is 13.5. The molecule has 0 N–H and O–H groups in total. The Balaban J connectivity index is 2.09. The fourth-order valence-electron chi connectivity index (χ4n) is 2.77. The summed E-state index contributed by atoms with van der Waals surface area (Å²) in [6.07, 6.45) is 1.97. The van der Waals surface area contributed by atoms with Crippen LogP contribution < -0.4 is 9.64 Å². The zero-order valence-electron chi connectivity index (χ0n) is 16.2. The van der Waals surface area contributed by atoms with E-state index in [0.717, 1.165) is 9.60 Å². The standard InChI is InChI=1S/C20H22ClN3O2S2/c1-23(2)11-12-24(19(25)13-7-5-6-8-16(13)27-4)20-22-17-15(26-3)10-9-14(21)18(17)28-20/h5-10H,11-12H2,1-4H3. The number of thiazole rings is 1. The molecule has 0 aliphatic carbocycles. The van der Waals surface area contributed by atoms with E-state index < -0.39 is 0 Å². The Morgan fingerprint density at radius 2 is 1.96 bits per heavy atom. The van der Waals surface area contributed by atoms with Crippen LogP contribution in [0.15, 0.2) is 41.3 Å². The minimum atomic E-state index is -0.0686. The molecular formula is C20H22ClN3O2S2. The largest absolute Gasteiger partial charge is 0.494 e. The number of hydrogen-bond acceptors (Lipinski definition) is 6. The van der Waals surface area contributed by atoms with Crippen molar-refractivity contribution in [1.82, 2.24) is 9.88 Å². The number of halogens is 1. The first-order valence-electron chi connectivity index (χ1n) is 8.69. The summed E-state index contributed by atoms with van der Waals surface area (Å²) in [5, 5.41) is 1.22. The molecule has 0 fully saturated rings. The minimum Gasteiger partial charge on any atom is -0.494 e. The first kappa shape index (κ1) is 20.9. The van der Waals surface area contributed by atoms with Gasteiger partial charge in [0.05, 0.1) is 22.4 Å². The number of methoxy groups -OCH3 is 1. The van der Waals surface area contributed by atoms with Crippen LogP contribution in [0, 0.1) is 0 Å². The van der Waals surface area contributed by atoms with Crippen molar-refractivity contribution in [2.75, 3.05) is 45.5 Å². The number of rotatable bonds is 7. The van der Waals surface area contributed by atoms with Gasteiger partial charge >= 0.3 is 0 Å². The summed E-state index contributed by atoms with van der Waals surface area (Å²) in [6.45, 7) is 1.24. The molecule has 0 atom stereocenters. The molecule has 0 saturated heterocycles. The lowest BCUT2D eigenvalue weighted by atomic mass is 10.2.